The monoisotopic (exact) mass is 450 g/mol. The Balaban J connectivity index is 1.60. The Morgan fingerprint density at radius 2 is 2.03 bits per heavy atom. The predicted molar refractivity (Wildman–Crippen MR) is 118 cm³/mol. The molecule has 1 aromatic rings. The van der Waals surface area contributed by atoms with E-state index in [-0.39, 0.29) is 22.9 Å². The van der Waals surface area contributed by atoms with Gasteiger partial charge in [-0.25, -0.2) is 4.79 Å². The second kappa shape index (κ2) is 8.93. The normalized spacial score (nSPS) is 23.3. The van der Waals surface area contributed by atoms with Crippen LogP contribution in [0.15, 0.2) is 41.3 Å². The molecule has 2 unspecified atom stereocenters. The first-order chi connectivity index (χ1) is 14.1. The SMILES string of the molecule is C=C1CS[C@H]2C(NC(=O)CSc3ccccc3OC)C(=O)N2C1C(=O)OC(C)(C)C. The van der Waals surface area contributed by atoms with Crippen molar-refractivity contribution in [2.45, 2.75) is 48.7 Å². The predicted octanol–water partition coefficient (Wildman–Crippen LogP) is 2.45. The molecule has 2 aliphatic rings. The molecule has 0 bridgehead atoms. The van der Waals surface area contributed by atoms with Gasteiger partial charge in [0.2, 0.25) is 11.8 Å². The Bertz CT molecular complexity index is 867. The molecule has 2 saturated heterocycles. The number of para-hydroxylation sites is 1. The van der Waals surface area contributed by atoms with E-state index in [1.165, 1.54) is 28.4 Å². The van der Waals surface area contributed by atoms with Crippen LogP contribution in [0.1, 0.15) is 20.8 Å². The summed E-state index contributed by atoms with van der Waals surface area (Å²) in [4.78, 5) is 40.1. The van der Waals surface area contributed by atoms with Gasteiger partial charge in [0, 0.05) is 10.6 Å². The van der Waals surface area contributed by atoms with E-state index < -0.39 is 23.7 Å². The molecule has 0 spiro atoms. The highest BCUT2D eigenvalue weighted by atomic mass is 32.2. The Hall–Kier alpha value is -2.13. The first kappa shape index (κ1) is 22.6. The third-order valence-electron chi connectivity index (χ3n) is 4.56. The number of methoxy groups -OCH3 is 1. The molecule has 9 heteroatoms. The van der Waals surface area contributed by atoms with Gasteiger partial charge in [-0.3, -0.25) is 9.59 Å². The first-order valence-corrected chi connectivity index (χ1v) is 11.6. The van der Waals surface area contributed by atoms with Crippen molar-refractivity contribution in [3.63, 3.8) is 0 Å². The zero-order chi connectivity index (χ0) is 22.1. The Morgan fingerprint density at radius 1 is 1.33 bits per heavy atom. The second-order valence-corrected chi connectivity index (χ2v) is 10.1. The number of fused-ring (bicyclic) bond motifs is 1. The molecule has 3 rings (SSSR count). The van der Waals surface area contributed by atoms with Crippen molar-refractivity contribution in [1.82, 2.24) is 10.2 Å². The molecule has 30 heavy (non-hydrogen) atoms. The van der Waals surface area contributed by atoms with E-state index in [1.807, 2.05) is 24.3 Å². The van der Waals surface area contributed by atoms with Gasteiger partial charge in [-0.2, -0.15) is 0 Å². The van der Waals surface area contributed by atoms with E-state index in [4.69, 9.17) is 9.47 Å². The van der Waals surface area contributed by atoms with Crippen LogP contribution in [0.5, 0.6) is 5.75 Å². The van der Waals surface area contributed by atoms with Crippen molar-refractivity contribution >= 4 is 41.3 Å². The van der Waals surface area contributed by atoms with Crippen LogP contribution < -0.4 is 10.1 Å². The number of hydrogen-bond donors (Lipinski definition) is 1. The third kappa shape index (κ3) is 4.78. The summed E-state index contributed by atoms with van der Waals surface area (Å²) >= 11 is 2.83. The van der Waals surface area contributed by atoms with Crippen LogP contribution in [0.25, 0.3) is 0 Å². The Morgan fingerprint density at radius 3 is 2.70 bits per heavy atom. The van der Waals surface area contributed by atoms with E-state index in [1.54, 1.807) is 27.9 Å². The lowest BCUT2D eigenvalue weighted by molar-refractivity contribution is -0.170. The number of hydrogen-bond acceptors (Lipinski definition) is 7. The van der Waals surface area contributed by atoms with Crippen LogP contribution in [0, 0.1) is 0 Å². The number of nitrogens with one attached hydrogen (secondary N) is 1. The van der Waals surface area contributed by atoms with Gasteiger partial charge in [0.1, 0.15) is 22.8 Å². The number of rotatable bonds is 6. The Labute approximate surface area is 184 Å². The number of thioether (sulfide) groups is 2. The molecule has 0 radical (unpaired) electrons. The number of β-lactam (4-membered cyclic amide) rings is 1. The minimum absolute atomic E-state index is 0.156. The second-order valence-electron chi connectivity index (χ2n) is 8.03. The van der Waals surface area contributed by atoms with Gasteiger partial charge in [0.05, 0.1) is 12.9 Å². The standard InChI is InChI=1S/C21H26N2O5S2/c1-12-10-30-19-16(18(25)23(19)17(12)20(26)28-21(2,3)4)22-15(24)11-29-14-9-7-6-8-13(14)27-5/h6-9,16-17,19H,1,10-11H2,2-5H3,(H,22,24)/t16?,17?,19-/m0/s1. The molecular formula is C21H26N2O5S2. The van der Waals surface area contributed by atoms with Gasteiger partial charge in [-0.05, 0) is 38.5 Å². The third-order valence-corrected chi connectivity index (χ3v) is 6.99. The number of amides is 2. The molecule has 2 amide bonds. The maximum atomic E-state index is 12.8. The zero-order valence-electron chi connectivity index (χ0n) is 17.5. The van der Waals surface area contributed by atoms with Crippen molar-refractivity contribution in [2.24, 2.45) is 0 Å². The average Bonchev–Trinajstić information content (AvgIpc) is 2.69. The summed E-state index contributed by atoms with van der Waals surface area (Å²) in [7, 11) is 1.58. The number of ether oxygens (including phenoxy) is 2. The van der Waals surface area contributed by atoms with Crippen molar-refractivity contribution in [1.29, 1.82) is 0 Å². The summed E-state index contributed by atoms with van der Waals surface area (Å²) in [6.45, 7) is 9.29. The molecular weight excluding hydrogens is 424 g/mol. The number of esters is 1. The molecule has 2 heterocycles. The number of carbonyl (C=O) groups is 3. The van der Waals surface area contributed by atoms with Crippen molar-refractivity contribution in [3.8, 4) is 5.75 Å². The fourth-order valence-corrected chi connectivity index (χ4v) is 5.42. The molecule has 162 valence electrons. The van der Waals surface area contributed by atoms with Gasteiger partial charge in [0.25, 0.3) is 0 Å². The van der Waals surface area contributed by atoms with E-state index in [9.17, 15) is 14.4 Å². The summed E-state index contributed by atoms with van der Waals surface area (Å²) < 4.78 is 10.8. The lowest BCUT2D eigenvalue weighted by Crippen LogP contribution is -2.75. The van der Waals surface area contributed by atoms with Gasteiger partial charge in [-0.15, -0.1) is 23.5 Å². The number of carbonyl (C=O) groups excluding carboxylic acids is 3. The maximum absolute atomic E-state index is 12.8. The number of benzene rings is 1. The van der Waals surface area contributed by atoms with Gasteiger partial charge < -0.3 is 19.7 Å². The lowest BCUT2D eigenvalue weighted by Gasteiger charge is -2.53. The average molecular weight is 451 g/mol. The molecule has 0 aromatic heterocycles. The quantitative estimate of drug-likeness (QED) is 0.308. The van der Waals surface area contributed by atoms with Crippen molar-refractivity contribution in [2.75, 3.05) is 18.6 Å². The van der Waals surface area contributed by atoms with Crippen molar-refractivity contribution in [3.05, 3.63) is 36.4 Å². The molecule has 2 aliphatic heterocycles. The fourth-order valence-electron chi connectivity index (χ4n) is 3.27. The summed E-state index contributed by atoms with van der Waals surface area (Å²) in [5.41, 5.74) is -0.0234. The first-order valence-electron chi connectivity index (χ1n) is 9.52. The van der Waals surface area contributed by atoms with Crippen molar-refractivity contribution < 1.29 is 23.9 Å². The van der Waals surface area contributed by atoms with E-state index >= 15 is 0 Å². The highest BCUT2D eigenvalue weighted by Gasteiger charge is 2.56. The molecule has 0 saturated carbocycles. The van der Waals surface area contributed by atoms with Gasteiger partial charge in [0.15, 0.2) is 6.04 Å². The molecule has 3 atom stereocenters. The minimum atomic E-state index is -0.806. The van der Waals surface area contributed by atoms with Crippen LogP contribution in [-0.2, 0) is 19.1 Å². The number of nitrogens with zero attached hydrogens (tertiary/aromatic N) is 1. The van der Waals surface area contributed by atoms with E-state index in [0.29, 0.717) is 17.1 Å². The fraction of sp³-hybridized carbons (Fsp3) is 0.476. The summed E-state index contributed by atoms with van der Waals surface area (Å²) in [6, 6.07) is 5.98. The summed E-state index contributed by atoms with van der Waals surface area (Å²) in [5, 5.41) is 2.50. The van der Waals surface area contributed by atoms with Gasteiger partial charge in [-0.1, -0.05) is 18.7 Å². The highest BCUT2D eigenvalue weighted by molar-refractivity contribution is 8.00. The van der Waals surface area contributed by atoms with Crippen LogP contribution in [0.4, 0.5) is 0 Å². The summed E-state index contributed by atoms with van der Waals surface area (Å²) in [5.74, 6) is 0.359. The van der Waals surface area contributed by atoms with E-state index in [2.05, 4.69) is 11.9 Å². The smallest absolute Gasteiger partial charge is 0.333 e. The van der Waals surface area contributed by atoms with Gasteiger partial charge >= 0.3 is 5.97 Å². The maximum Gasteiger partial charge on any atom is 0.333 e. The zero-order valence-corrected chi connectivity index (χ0v) is 19.1. The van der Waals surface area contributed by atoms with Crippen LogP contribution >= 0.6 is 23.5 Å². The van der Waals surface area contributed by atoms with E-state index in [0.717, 1.165) is 4.90 Å². The lowest BCUT2D eigenvalue weighted by atomic mass is 9.98. The molecule has 1 N–H and O–H groups in total. The molecule has 7 nitrogen and oxygen atoms in total. The largest absolute Gasteiger partial charge is 0.496 e. The van der Waals surface area contributed by atoms with Crippen LogP contribution in [-0.4, -0.2) is 64.4 Å². The molecule has 2 fully saturated rings. The van der Waals surface area contributed by atoms with Crippen LogP contribution in [0.2, 0.25) is 0 Å². The van der Waals surface area contributed by atoms with Crippen LogP contribution in [0.3, 0.4) is 0 Å². The Kier molecular flexibility index (Phi) is 6.71. The topological polar surface area (TPSA) is 84.9 Å². The highest BCUT2D eigenvalue weighted by Crippen LogP contribution is 2.40. The summed E-state index contributed by atoms with van der Waals surface area (Å²) in [6.07, 6.45) is 0. The molecule has 0 aliphatic carbocycles. The molecule has 1 aromatic carbocycles. The minimum Gasteiger partial charge on any atom is -0.496 e.